The quantitative estimate of drug-likeness (QED) is 0.651. The molecule has 12 heavy (non-hydrogen) atoms. The minimum absolute atomic E-state index is 0.0503. The Morgan fingerprint density at radius 1 is 1.42 bits per heavy atom. The van der Waals surface area contributed by atoms with Crippen molar-refractivity contribution in [3.63, 3.8) is 0 Å². The highest BCUT2D eigenvalue weighted by Crippen LogP contribution is 2.59. The number of fused-ring (bicyclic) bond motifs is 2. The molecule has 2 aliphatic carbocycles. The third-order valence-electron chi connectivity index (χ3n) is 4.06. The fourth-order valence-corrected chi connectivity index (χ4v) is 3.38. The van der Waals surface area contributed by atoms with Crippen molar-refractivity contribution in [2.45, 2.75) is 33.1 Å². The lowest BCUT2D eigenvalue weighted by atomic mass is 9.69. The molecular formula is C10H16O2. The van der Waals surface area contributed by atoms with E-state index < -0.39 is 5.97 Å². The van der Waals surface area contributed by atoms with E-state index in [1.165, 1.54) is 6.42 Å². The summed E-state index contributed by atoms with van der Waals surface area (Å²) in [5.74, 6) is 0.495. The van der Waals surface area contributed by atoms with E-state index in [4.69, 9.17) is 5.11 Å². The molecule has 0 heterocycles. The van der Waals surface area contributed by atoms with Crippen molar-refractivity contribution in [2.24, 2.45) is 23.2 Å². The van der Waals surface area contributed by atoms with E-state index in [0.29, 0.717) is 11.8 Å². The molecule has 2 bridgehead atoms. The average Bonchev–Trinajstić information content (AvgIpc) is 2.41. The zero-order valence-electron chi connectivity index (χ0n) is 7.71. The molecule has 3 atom stereocenters. The highest BCUT2D eigenvalue weighted by atomic mass is 16.4. The van der Waals surface area contributed by atoms with Crippen LogP contribution in [0, 0.1) is 23.2 Å². The van der Waals surface area contributed by atoms with Gasteiger partial charge >= 0.3 is 5.97 Å². The fourth-order valence-electron chi connectivity index (χ4n) is 3.38. The van der Waals surface area contributed by atoms with Crippen LogP contribution in [0.2, 0.25) is 0 Å². The molecule has 0 aromatic heterocycles. The fraction of sp³-hybridized carbons (Fsp3) is 0.900. The summed E-state index contributed by atoms with van der Waals surface area (Å²) in [7, 11) is 0. The van der Waals surface area contributed by atoms with Crippen LogP contribution in [-0.2, 0) is 4.79 Å². The highest BCUT2D eigenvalue weighted by molar-refractivity contribution is 5.72. The van der Waals surface area contributed by atoms with Gasteiger partial charge < -0.3 is 5.11 Å². The van der Waals surface area contributed by atoms with Crippen LogP contribution in [0.1, 0.15) is 33.1 Å². The van der Waals surface area contributed by atoms with Gasteiger partial charge in [-0.05, 0) is 36.5 Å². The second kappa shape index (κ2) is 2.24. The average molecular weight is 168 g/mol. The lowest BCUT2D eigenvalue weighted by Crippen LogP contribution is -2.36. The van der Waals surface area contributed by atoms with E-state index in [2.05, 4.69) is 13.8 Å². The molecule has 2 nitrogen and oxygen atoms in total. The molecule has 0 spiro atoms. The van der Waals surface area contributed by atoms with Gasteiger partial charge in [0.25, 0.3) is 0 Å². The minimum atomic E-state index is -0.577. The van der Waals surface area contributed by atoms with E-state index >= 15 is 0 Å². The zero-order chi connectivity index (χ0) is 8.93. The van der Waals surface area contributed by atoms with Crippen molar-refractivity contribution in [1.29, 1.82) is 0 Å². The van der Waals surface area contributed by atoms with Crippen LogP contribution >= 0.6 is 0 Å². The number of carboxylic acid groups (broad SMARTS) is 1. The van der Waals surface area contributed by atoms with Gasteiger partial charge in [-0.25, -0.2) is 0 Å². The summed E-state index contributed by atoms with van der Waals surface area (Å²) in [6.07, 6.45) is 3.55. The molecule has 0 aromatic carbocycles. The minimum Gasteiger partial charge on any atom is -0.481 e. The van der Waals surface area contributed by atoms with Crippen LogP contribution in [0.5, 0.6) is 0 Å². The monoisotopic (exact) mass is 168 g/mol. The van der Waals surface area contributed by atoms with Crippen molar-refractivity contribution in [2.75, 3.05) is 0 Å². The van der Waals surface area contributed by atoms with Crippen LogP contribution in [0.25, 0.3) is 0 Å². The first kappa shape index (κ1) is 8.09. The molecule has 68 valence electrons. The molecule has 0 aliphatic heterocycles. The molecule has 1 N–H and O–H groups in total. The Morgan fingerprint density at radius 3 is 2.42 bits per heavy atom. The summed E-state index contributed by atoms with van der Waals surface area (Å²) in [4.78, 5) is 11.0. The number of carboxylic acids is 1. The number of aliphatic carboxylic acids is 1. The maximum absolute atomic E-state index is 11.0. The Hall–Kier alpha value is -0.530. The van der Waals surface area contributed by atoms with Gasteiger partial charge in [-0.1, -0.05) is 13.8 Å². The Bertz CT molecular complexity index is 220. The van der Waals surface area contributed by atoms with E-state index in [0.717, 1.165) is 12.8 Å². The molecule has 2 saturated carbocycles. The molecule has 0 unspecified atom stereocenters. The molecule has 2 fully saturated rings. The third kappa shape index (κ3) is 0.838. The maximum Gasteiger partial charge on any atom is 0.307 e. The third-order valence-corrected chi connectivity index (χ3v) is 4.06. The van der Waals surface area contributed by atoms with Crippen molar-refractivity contribution in [3.8, 4) is 0 Å². The molecule has 0 radical (unpaired) electrons. The topological polar surface area (TPSA) is 37.3 Å². The van der Waals surface area contributed by atoms with Gasteiger partial charge in [0.05, 0.1) is 5.92 Å². The second-order valence-electron chi connectivity index (χ2n) is 4.91. The Morgan fingerprint density at radius 2 is 2.08 bits per heavy atom. The highest BCUT2D eigenvalue weighted by Gasteiger charge is 2.55. The van der Waals surface area contributed by atoms with Crippen LogP contribution < -0.4 is 0 Å². The van der Waals surface area contributed by atoms with E-state index in [1.54, 1.807) is 0 Å². The lowest BCUT2D eigenvalue weighted by molar-refractivity contribution is -0.148. The van der Waals surface area contributed by atoms with E-state index in [1.807, 2.05) is 0 Å². The molecule has 0 saturated heterocycles. The van der Waals surface area contributed by atoms with Crippen LogP contribution in [-0.4, -0.2) is 11.1 Å². The van der Waals surface area contributed by atoms with E-state index in [9.17, 15) is 4.79 Å². The summed E-state index contributed by atoms with van der Waals surface area (Å²) in [6, 6.07) is 0. The predicted molar refractivity (Wildman–Crippen MR) is 45.7 cm³/mol. The first-order valence-electron chi connectivity index (χ1n) is 4.76. The number of hydrogen-bond acceptors (Lipinski definition) is 1. The summed E-state index contributed by atoms with van der Waals surface area (Å²) < 4.78 is 0. The van der Waals surface area contributed by atoms with Crippen LogP contribution in [0.4, 0.5) is 0 Å². The molecule has 0 aromatic rings. The van der Waals surface area contributed by atoms with Gasteiger partial charge in [0.15, 0.2) is 0 Å². The summed E-state index contributed by atoms with van der Waals surface area (Å²) >= 11 is 0. The SMILES string of the molecule is CC1(C)[C@@H]2CC[C@H](C2)[C@@H]1C(=O)O. The summed E-state index contributed by atoms with van der Waals surface area (Å²) in [6.45, 7) is 4.24. The molecule has 2 heteroatoms. The number of carbonyl (C=O) groups is 1. The van der Waals surface area contributed by atoms with Gasteiger partial charge in [0.2, 0.25) is 0 Å². The Labute approximate surface area is 73.0 Å². The van der Waals surface area contributed by atoms with Crippen LogP contribution in [0.3, 0.4) is 0 Å². The van der Waals surface area contributed by atoms with Gasteiger partial charge in [0.1, 0.15) is 0 Å². The van der Waals surface area contributed by atoms with Crippen LogP contribution in [0.15, 0.2) is 0 Å². The maximum atomic E-state index is 11.0. The Kier molecular flexibility index (Phi) is 1.51. The number of rotatable bonds is 1. The van der Waals surface area contributed by atoms with Gasteiger partial charge in [-0.2, -0.15) is 0 Å². The van der Waals surface area contributed by atoms with Gasteiger partial charge in [0, 0.05) is 0 Å². The molecule has 2 rings (SSSR count). The first-order valence-corrected chi connectivity index (χ1v) is 4.76. The predicted octanol–water partition coefficient (Wildman–Crippen LogP) is 2.14. The van der Waals surface area contributed by atoms with E-state index in [-0.39, 0.29) is 11.3 Å². The molecule has 2 aliphatic rings. The van der Waals surface area contributed by atoms with Crippen molar-refractivity contribution < 1.29 is 9.90 Å². The number of hydrogen-bond donors (Lipinski definition) is 1. The summed E-state index contributed by atoms with van der Waals surface area (Å²) in [5.41, 5.74) is 0.0503. The Balaban J connectivity index is 2.29. The second-order valence-corrected chi connectivity index (χ2v) is 4.91. The molecular weight excluding hydrogens is 152 g/mol. The molecule has 0 amide bonds. The van der Waals surface area contributed by atoms with Crippen molar-refractivity contribution >= 4 is 5.97 Å². The van der Waals surface area contributed by atoms with Crippen molar-refractivity contribution in [1.82, 2.24) is 0 Å². The standard InChI is InChI=1S/C10H16O2/c1-10(2)7-4-3-6(5-7)8(10)9(11)12/h6-8H,3-5H2,1-2H3,(H,11,12)/t6-,7-,8-/m1/s1. The van der Waals surface area contributed by atoms with Gasteiger partial charge in [-0.15, -0.1) is 0 Å². The zero-order valence-corrected chi connectivity index (χ0v) is 7.71. The smallest absolute Gasteiger partial charge is 0.307 e. The lowest BCUT2D eigenvalue weighted by Gasteiger charge is -2.35. The van der Waals surface area contributed by atoms with Gasteiger partial charge in [-0.3, -0.25) is 4.79 Å². The van der Waals surface area contributed by atoms with Crippen molar-refractivity contribution in [3.05, 3.63) is 0 Å². The first-order chi connectivity index (χ1) is 5.53. The normalized spacial score (nSPS) is 43.3. The summed E-state index contributed by atoms with van der Waals surface area (Å²) in [5, 5.41) is 9.07. The largest absolute Gasteiger partial charge is 0.481 e.